The van der Waals surface area contributed by atoms with E-state index < -0.39 is 5.38 Å². The summed E-state index contributed by atoms with van der Waals surface area (Å²) in [7, 11) is 0. The first-order chi connectivity index (χ1) is 6.57. The molecule has 14 heavy (non-hydrogen) atoms. The van der Waals surface area contributed by atoms with Gasteiger partial charge in [0.05, 0.1) is 6.61 Å². The van der Waals surface area contributed by atoms with Crippen LogP contribution in [0.5, 0.6) is 0 Å². The summed E-state index contributed by atoms with van der Waals surface area (Å²) in [6.07, 6.45) is 0. The smallest absolute Gasteiger partial charge is 0.152 e. The van der Waals surface area contributed by atoms with Crippen molar-refractivity contribution in [2.75, 3.05) is 0 Å². The second kappa shape index (κ2) is 5.09. The lowest BCUT2D eigenvalue weighted by Crippen LogP contribution is -2.05. The lowest BCUT2D eigenvalue weighted by atomic mass is 10.1. The van der Waals surface area contributed by atoms with Gasteiger partial charge in [-0.3, -0.25) is 4.79 Å². The summed E-state index contributed by atoms with van der Waals surface area (Å²) in [5.41, 5.74) is 1.57. The number of alkyl halides is 1. The van der Waals surface area contributed by atoms with Crippen LogP contribution in [0.4, 0.5) is 0 Å². The highest BCUT2D eigenvalue weighted by Gasteiger charge is 2.17. The molecule has 0 heterocycles. The highest BCUT2D eigenvalue weighted by molar-refractivity contribution is 14.1. The molecule has 76 valence electrons. The highest BCUT2D eigenvalue weighted by atomic mass is 127. The molecule has 1 unspecified atom stereocenters. The van der Waals surface area contributed by atoms with Gasteiger partial charge in [-0.1, -0.05) is 18.2 Å². The fourth-order valence-electron chi connectivity index (χ4n) is 1.14. The van der Waals surface area contributed by atoms with Crippen LogP contribution in [-0.4, -0.2) is 10.9 Å². The lowest BCUT2D eigenvalue weighted by molar-refractivity contribution is -0.116. The summed E-state index contributed by atoms with van der Waals surface area (Å²) in [5, 5.41) is 8.41. The largest absolute Gasteiger partial charge is 0.392 e. The zero-order chi connectivity index (χ0) is 10.7. The van der Waals surface area contributed by atoms with Gasteiger partial charge < -0.3 is 5.11 Å². The van der Waals surface area contributed by atoms with Crippen molar-refractivity contribution in [1.82, 2.24) is 0 Å². The van der Waals surface area contributed by atoms with Crippen molar-refractivity contribution >= 4 is 40.0 Å². The van der Waals surface area contributed by atoms with Crippen molar-refractivity contribution in [3.8, 4) is 0 Å². The van der Waals surface area contributed by atoms with Gasteiger partial charge in [-0.05, 0) is 40.6 Å². The Bertz CT molecular complexity index is 352. The Labute approximate surface area is 101 Å². The number of aliphatic hydroxyl groups excluding tert-OH is 1. The molecule has 1 rings (SSSR count). The van der Waals surface area contributed by atoms with Crippen LogP contribution in [0, 0.1) is 3.57 Å². The molecule has 1 N–H and O–H groups in total. The Hall–Kier alpha value is -0.130. The predicted octanol–water partition coefficient (Wildman–Crippen LogP) is 2.65. The Morgan fingerprint density at radius 2 is 2.29 bits per heavy atom. The third-order valence-electron chi connectivity index (χ3n) is 1.91. The number of benzene rings is 1. The van der Waals surface area contributed by atoms with E-state index in [0.717, 1.165) is 14.7 Å². The van der Waals surface area contributed by atoms with Crippen LogP contribution in [0.3, 0.4) is 0 Å². The van der Waals surface area contributed by atoms with Crippen molar-refractivity contribution in [1.29, 1.82) is 0 Å². The third-order valence-corrected chi connectivity index (χ3v) is 3.77. The van der Waals surface area contributed by atoms with E-state index in [4.69, 9.17) is 16.7 Å². The molecule has 0 aliphatic rings. The van der Waals surface area contributed by atoms with Gasteiger partial charge in [0.2, 0.25) is 0 Å². The van der Waals surface area contributed by atoms with E-state index in [0.29, 0.717) is 0 Å². The second-order valence-corrected chi connectivity index (χ2v) is 4.47. The number of halogens is 2. The van der Waals surface area contributed by atoms with E-state index in [-0.39, 0.29) is 12.4 Å². The molecule has 0 aromatic heterocycles. The van der Waals surface area contributed by atoms with E-state index >= 15 is 0 Å². The molecule has 2 nitrogen and oxygen atoms in total. The van der Waals surface area contributed by atoms with Gasteiger partial charge in [-0.15, -0.1) is 11.6 Å². The van der Waals surface area contributed by atoms with Gasteiger partial charge in [-0.25, -0.2) is 0 Å². The van der Waals surface area contributed by atoms with Crippen LogP contribution in [0.1, 0.15) is 23.4 Å². The minimum Gasteiger partial charge on any atom is -0.392 e. The Balaban J connectivity index is 3.15. The van der Waals surface area contributed by atoms with Crippen LogP contribution >= 0.6 is 34.2 Å². The molecule has 0 amide bonds. The zero-order valence-corrected chi connectivity index (χ0v) is 10.5. The second-order valence-electron chi connectivity index (χ2n) is 2.95. The molecule has 0 bridgehead atoms. The van der Waals surface area contributed by atoms with Crippen molar-refractivity contribution in [2.45, 2.75) is 18.9 Å². The average Bonchev–Trinajstić information content (AvgIpc) is 2.17. The average molecular weight is 325 g/mol. The first-order valence-corrected chi connectivity index (χ1v) is 5.62. The normalized spacial score (nSPS) is 12.6. The van der Waals surface area contributed by atoms with Crippen molar-refractivity contribution in [2.24, 2.45) is 0 Å². The Kier molecular flexibility index (Phi) is 4.34. The Morgan fingerprint density at radius 3 is 2.79 bits per heavy atom. The minimum absolute atomic E-state index is 0.0341. The third kappa shape index (κ3) is 2.46. The number of rotatable bonds is 3. The summed E-state index contributed by atoms with van der Waals surface area (Å²) >= 11 is 8.03. The van der Waals surface area contributed by atoms with Crippen LogP contribution < -0.4 is 0 Å². The first-order valence-electron chi connectivity index (χ1n) is 4.10. The van der Waals surface area contributed by atoms with E-state index in [1.165, 1.54) is 6.92 Å². The minimum atomic E-state index is -0.617. The van der Waals surface area contributed by atoms with Gasteiger partial charge in [0.15, 0.2) is 5.78 Å². The summed E-state index contributed by atoms with van der Waals surface area (Å²) in [4.78, 5) is 11.1. The van der Waals surface area contributed by atoms with Crippen molar-refractivity contribution < 1.29 is 9.90 Å². The van der Waals surface area contributed by atoms with Crippen molar-refractivity contribution in [3.05, 3.63) is 32.9 Å². The van der Waals surface area contributed by atoms with Gasteiger partial charge in [0.25, 0.3) is 0 Å². The number of Topliss-reactive ketones (excluding diaryl/α,β-unsaturated/α-hetero) is 1. The fraction of sp³-hybridized carbons (Fsp3) is 0.300. The quantitative estimate of drug-likeness (QED) is 0.685. The molecule has 0 aliphatic heterocycles. The number of hydrogen-bond donors (Lipinski definition) is 1. The Morgan fingerprint density at radius 1 is 1.64 bits per heavy atom. The molecule has 0 aliphatic carbocycles. The number of hydrogen-bond acceptors (Lipinski definition) is 2. The number of ketones is 1. The molecular formula is C10H10ClIO2. The zero-order valence-electron chi connectivity index (χ0n) is 7.63. The molecule has 1 aromatic carbocycles. The van der Waals surface area contributed by atoms with E-state index in [1.54, 1.807) is 12.1 Å². The lowest BCUT2D eigenvalue weighted by Gasteiger charge is -2.11. The summed E-state index contributed by atoms with van der Waals surface area (Å²) < 4.78 is 0.864. The number of carbonyl (C=O) groups excluding carboxylic acids is 1. The maximum absolute atomic E-state index is 11.1. The molecule has 0 saturated heterocycles. The van der Waals surface area contributed by atoms with E-state index in [1.807, 2.05) is 6.07 Å². The highest BCUT2D eigenvalue weighted by Crippen LogP contribution is 2.28. The van der Waals surface area contributed by atoms with E-state index in [2.05, 4.69) is 22.6 Å². The molecule has 0 spiro atoms. The molecule has 0 radical (unpaired) electrons. The van der Waals surface area contributed by atoms with Crippen LogP contribution in [0.2, 0.25) is 0 Å². The summed E-state index contributed by atoms with van der Waals surface area (Å²) in [6.45, 7) is 1.42. The van der Waals surface area contributed by atoms with Crippen LogP contribution in [0.25, 0.3) is 0 Å². The first kappa shape index (κ1) is 11.9. The fourth-order valence-corrected chi connectivity index (χ4v) is 2.34. The molecule has 4 heteroatoms. The van der Waals surface area contributed by atoms with Gasteiger partial charge in [0.1, 0.15) is 5.38 Å². The number of carbonyl (C=O) groups is 1. The monoisotopic (exact) mass is 324 g/mol. The van der Waals surface area contributed by atoms with Gasteiger partial charge in [0, 0.05) is 3.57 Å². The maximum Gasteiger partial charge on any atom is 0.152 e. The van der Waals surface area contributed by atoms with Gasteiger partial charge >= 0.3 is 0 Å². The number of aliphatic hydroxyl groups is 1. The van der Waals surface area contributed by atoms with Gasteiger partial charge in [-0.2, -0.15) is 0 Å². The van der Waals surface area contributed by atoms with E-state index in [9.17, 15) is 4.79 Å². The molecular weight excluding hydrogens is 314 g/mol. The molecule has 0 fully saturated rings. The SMILES string of the molecule is CC(=O)C(Cl)c1cccc(CO)c1I. The summed E-state index contributed by atoms with van der Waals surface area (Å²) in [6, 6.07) is 5.41. The topological polar surface area (TPSA) is 37.3 Å². The summed E-state index contributed by atoms with van der Waals surface area (Å²) in [5.74, 6) is -0.0836. The van der Waals surface area contributed by atoms with Crippen LogP contribution in [0.15, 0.2) is 18.2 Å². The molecule has 1 atom stereocenters. The molecule has 1 aromatic rings. The standard InChI is InChI=1S/C10H10ClIO2/c1-6(14)9(11)8-4-2-3-7(5-13)10(8)12/h2-4,9,13H,5H2,1H3. The maximum atomic E-state index is 11.1. The van der Waals surface area contributed by atoms with Crippen LogP contribution in [-0.2, 0) is 11.4 Å². The predicted molar refractivity (Wildman–Crippen MR) is 64.4 cm³/mol. The van der Waals surface area contributed by atoms with Crippen molar-refractivity contribution in [3.63, 3.8) is 0 Å². The molecule has 0 saturated carbocycles.